The van der Waals surface area contributed by atoms with E-state index in [0.717, 1.165) is 24.5 Å². The standard InChI is InChI=1S/C18H28ClN5O2.HI/c1-5-20-16(21-9-8-13-6-7-15(19)22-10-13)23-14-11-24(12-14)17(25)26-18(2,3)4;/h6-7,10,14H,5,8-9,11-12H2,1-4H3,(H2,20,21,23);1H. The lowest BCUT2D eigenvalue weighted by atomic mass is 10.1. The van der Waals surface area contributed by atoms with Gasteiger partial charge in [0.1, 0.15) is 10.8 Å². The summed E-state index contributed by atoms with van der Waals surface area (Å²) in [6.07, 6.45) is 2.28. The van der Waals surface area contributed by atoms with Gasteiger partial charge in [0, 0.05) is 32.4 Å². The van der Waals surface area contributed by atoms with E-state index in [-0.39, 0.29) is 36.1 Å². The van der Waals surface area contributed by atoms with Crippen molar-refractivity contribution in [3.8, 4) is 0 Å². The minimum Gasteiger partial charge on any atom is -0.444 e. The lowest BCUT2D eigenvalue weighted by Crippen LogP contribution is -2.63. The lowest BCUT2D eigenvalue weighted by molar-refractivity contribution is 0.00701. The zero-order valence-corrected chi connectivity index (χ0v) is 19.4. The number of pyridine rings is 1. The molecule has 2 heterocycles. The Hall–Kier alpha value is -1.29. The molecule has 152 valence electrons. The highest BCUT2D eigenvalue weighted by molar-refractivity contribution is 14.0. The average molecular weight is 510 g/mol. The Kier molecular flexibility index (Phi) is 9.58. The summed E-state index contributed by atoms with van der Waals surface area (Å²) in [5.41, 5.74) is 0.622. The van der Waals surface area contributed by atoms with E-state index >= 15 is 0 Å². The fraction of sp³-hybridized carbons (Fsp3) is 0.611. The molecule has 1 amide bonds. The topological polar surface area (TPSA) is 78.9 Å². The average Bonchev–Trinajstić information content (AvgIpc) is 2.50. The fourth-order valence-electron chi connectivity index (χ4n) is 2.41. The Bertz CT molecular complexity index is 628. The largest absolute Gasteiger partial charge is 0.444 e. The van der Waals surface area contributed by atoms with Gasteiger partial charge in [-0.05, 0) is 45.7 Å². The molecule has 2 N–H and O–H groups in total. The van der Waals surface area contributed by atoms with Crippen molar-refractivity contribution in [3.05, 3.63) is 29.0 Å². The maximum Gasteiger partial charge on any atom is 0.410 e. The summed E-state index contributed by atoms with van der Waals surface area (Å²) in [4.78, 5) is 22.3. The zero-order chi connectivity index (χ0) is 19.2. The highest BCUT2D eigenvalue weighted by Crippen LogP contribution is 2.15. The highest BCUT2D eigenvalue weighted by Gasteiger charge is 2.34. The van der Waals surface area contributed by atoms with Crippen LogP contribution in [-0.4, -0.2) is 59.8 Å². The predicted octanol–water partition coefficient (Wildman–Crippen LogP) is 3.07. The molecule has 1 fully saturated rings. The number of hydrogen-bond donors (Lipinski definition) is 2. The van der Waals surface area contributed by atoms with Gasteiger partial charge in [0.25, 0.3) is 0 Å². The molecule has 0 bridgehead atoms. The Morgan fingerprint density at radius 3 is 2.67 bits per heavy atom. The fourth-order valence-corrected chi connectivity index (χ4v) is 2.52. The second kappa shape index (κ2) is 10.9. The normalized spacial score (nSPS) is 14.9. The Balaban J connectivity index is 0.00000364. The molecule has 0 radical (unpaired) electrons. The first-order chi connectivity index (χ1) is 12.3. The Morgan fingerprint density at radius 2 is 2.11 bits per heavy atom. The van der Waals surface area contributed by atoms with Crippen LogP contribution >= 0.6 is 35.6 Å². The number of carbonyl (C=O) groups is 1. The summed E-state index contributed by atoms with van der Waals surface area (Å²) in [6.45, 7) is 10.3. The number of ether oxygens (including phenoxy) is 1. The van der Waals surface area contributed by atoms with Crippen LogP contribution in [-0.2, 0) is 11.2 Å². The van der Waals surface area contributed by atoms with Crippen molar-refractivity contribution in [2.24, 2.45) is 4.99 Å². The molecule has 0 atom stereocenters. The van der Waals surface area contributed by atoms with E-state index in [9.17, 15) is 4.79 Å². The van der Waals surface area contributed by atoms with Crippen LogP contribution in [0.5, 0.6) is 0 Å². The monoisotopic (exact) mass is 509 g/mol. The van der Waals surface area contributed by atoms with Crippen molar-refractivity contribution in [2.45, 2.75) is 45.8 Å². The van der Waals surface area contributed by atoms with Crippen LogP contribution in [0, 0.1) is 0 Å². The number of carbonyl (C=O) groups excluding carboxylic acids is 1. The van der Waals surface area contributed by atoms with Crippen LogP contribution in [0.3, 0.4) is 0 Å². The summed E-state index contributed by atoms with van der Waals surface area (Å²) < 4.78 is 5.36. The number of nitrogens with zero attached hydrogens (tertiary/aromatic N) is 3. The number of amides is 1. The summed E-state index contributed by atoms with van der Waals surface area (Å²) in [5.74, 6) is 0.753. The van der Waals surface area contributed by atoms with Gasteiger partial charge in [-0.15, -0.1) is 24.0 Å². The van der Waals surface area contributed by atoms with Gasteiger partial charge in [-0.3, -0.25) is 4.99 Å². The van der Waals surface area contributed by atoms with Crippen LogP contribution in [0.15, 0.2) is 23.3 Å². The summed E-state index contributed by atoms with van der Waals surface area (Å²) in [7, 11) is 0. The maximum absolute atomic E-state index is 12.0. The number of likely N-dealkylation sites (tertiary alicyclic amines) is 1. The summed E-state index contributed by atoms with van der Waals surface area (Å²) in [5, 5.41) is 7.07. The van der Waals surface area contributed by atoms with E-state index in [4.69, 9.17) is 16.3 Å². The molecular weight excluding hydrogens is 481 g/mol. The maximum atomic E-state index is 12.0. The van der Waals surface area contributed by atoms with Crippen molar-refractivity contribution >= 4 is 47.6 Å². The molecule has 0 unspecified atom stereocenters. The first-order valence-electron chi connectivity index (χ1n) is 8.90. The molecule has 1 saturated heterocycles. The van der Waals surface area contributed by atoms with E-state index in [1.165, 1.54) is 0 Å². The van der Waals surface area contributed by atoms with Crippen LogP contribution in [0.4, 0.5) is 4.79 Å². The van der Waals surface area contributed by atoms with Crippen LogP contribution in [0.1, 0.15) is 33.3 Å². The van der Waals surface area contributed by atoms with Crippen LogP contribution in [0.2, 0.25) is 5.15 Å². The number of aliphatic imine (C=N–C) groups is 1. The third kappa shape index (κ3) is 8.50. The quantitative estimate of drug-likeness (QED) is 0.276. The molecule has 0 aliphatic carbocycles. The van der Waals surface area contributed by atoms with Crippen molar-refractivity contribution in [3.63, 3.8) is 0 Å². The smallest absolute Gasteiger partial charge is 0.410 e. The lowest BCUT2D eigenvalue weighted by Gasteiger charge is -2.40. The van der Waals surface area contributed by atoms with E-state index in [1.54, 1.807) is 17.2 Å². The molecule has 1 aromatic heterocycles. The van der Waals surface area contributed by atoms with Crippen molar-refractivity contribution in [2.75, 3.05) is 26.2 Å². The van der Waals surface area contributed by atoms with Crippen molar-refractivity contribution in [1.29, 1.82) is 0 Å². The number of guanidine groups is 1. The molecule has 0 aromatic carbocycles. The molecule has 27 heavy (non-hydrogen) atoms. The minimum atomic E-state index is -0.470. The molecule has 0 saturated carbocycles. The molecule has 7 nitrogen and oxygen atoms in total. The second-order valence-electron chi connectivity index (χ2n) is 7.23. The summed E-state index contributed by atoms with van der Waals surface area (Å²) >= 11 is 5.79. The number of halogens is 2. The Morgan fingerprint density at radius 1 is 1.41 bits per heavy atom. The van der Waals surface area contributed by atoms with E-state index in [2.05, 4.69) is 20.6 Å². The van der Waals surface area contributed by atoms with Gasteiger partial charge in [-0.25, -0.2) is 9.78 Å². The zero-order valence-electron chi connectivity index (χ0n) is 16.3. The number of nitrogens with one attached hydrogen (secondary N) is 2. The van der Waals surface area contributed by atoms with Gasteiger partial charge in [0.05, 0.1) is 6.04 Å². The van der Waals surface area contributed by atoms with E-state index in [1.807, 2.05) is 33.8 Å². The first kappa shape index (κ1) is 23.7. The van der Waals surface area contributed by atoms with Gasteiger partial charge in [0.2, 0.25) is 0 Å². The molecule has 2 rings (SSSR count). The number of hydrogen-bond acceptors (Lipinski definition) is 4. The summed E-state index contributed by atoms with van der Waals surface area (Å²) in [6, 6.07) is 3.91. The van der Waals surface area contributed by atoms with Crippen molar-refractivity contribution in [1.82, 2.24) is 20.5 Å². The van der Waals surface area contributed by atoms with E-state index < -0.39 is 5.60 Å². The predicted molar refractivity (Wildman–Crippen MR) is 119 cm³/mol. The SMILES string of the molecule is CCNC(=NCCc1ccc(Cl)nc1)NC1CN(C(=O)OC(C)(C)C)C1.I. The van der Waals surface area contributed by atoms with Crippen molar-refractivity contribution < 1.29 is 9.53 Å². The highest BCUT2D eigenvalue weighted by atomic mass is 127. The van der Waals surface area contributed by atoms with Crippen LogP contribution in [0.25, 0.3) is 0 Å². The second-order valence-corrected chi connectivity index (χ2v) is 7.61. The van der Waals surface area contributed by atoms with Gasteiger partial charge < -0.3 is 20.3 Å². The van der Waals surface area contributed by atoms with Gasteiger partial charge >= 0.3 is 6.09 Å². The Labute approximate surface area is 183 Å². The molecular formula is C18H29ClIN5O2. The molecule has 1 aliphatic rings. The molecule has 9 heteroatoms. The van der Waals surface area contributed by atoms with Gasteiger partial charge in [-0.2, -0.15) is 0 Å². The van der Waals surface area contributed by atoms with Gasteiger partial charge in [0.15, 0.2) is 5.96 Å². The molecule has 0 spiro atoms. The first-order valence-corrected chi connectivity index (χ1v) is 9.28. The number of rotatable bonds is 5. The number of aromatic nitrogens is 1. The minimum absolute atomic E-state index is 0. The van der Waals surface area contributed by atoms with Crippen LogP contribution < -0.4 is 10.6 Å². The third-order valence-corrected chi connectivity index (χ3v) is 3.90. The van der Waals surface area contributed by atoms with E-state index in [0.29, 0.717) is 24.8 Å². The molecule has 1 aromatic rings. The third-order valence-electron chi connectivity index (χ3n) is 3.68. The molecule has 1 aliphatic heterocycles. The van der Waals surface area contributed by atoms with Gasteiger partial charge in [-0.1, -0.05) is 17.7 Å².